The molecule has 9 nitrogen and oxygen atoms in total. The Kier molecular flexibility index (Phi) is 3.55. The fraction of sp³-hybridized carbons (Fsp3) is 0.429. The van der Waals surface area contributed by atoms with Crippen molar-refractivity contribution in [3.05, 3.63) is 10.8 Å². The second-order valence-corrected chi connectivity index (χ2v) is 3.93. The van der Waals surface area contributed by atoms with Crippen molar-refractivity contribution in [1.82, 2.24) is 36.1 Å². The molecule has 1 amide bonds. The van der Waals surface area contributed by atoms with Crippen LogP contribution in [0.2, 0.25) is 0 Å². The summed E-state index contributed by atoms with van der Waals surface area (Å²) < 4.78 is 0. The summed E-state index contributed by atoms with van der Waals surface area (Å²) in [4.78, 5) is 11.6. The Bertz CT molecular complexity index is 480. The first kappa shape index (κ1) is 11.4. The van der Waals surface area contributed by atoms with Gasteiger partial charge in [-0.15, -0.1) is 20.4 Å². The maximum Gasteiger partial charge on any atom is 0.282 e. The van der Waals surface area contributed by atoms with E-state index in [1.54, 1.807) is 0 Å². The second-order valence-electron chi connectivity index (χ2n) is 2.95. The molecule has 0 aromatic carbocycles. The highest BCUT2D eigenvalue weighted by molar-refractivity contribution is 7.17. The van der Waals surface area contributed by atoms with E-state index in [9.17, 15) is 4.79 Å². The molecule has 2 aromatic rings. The van der Waals surface area contributed by atoms with Crippen LogP contribution in [0.4, 0.5) is 5.13 Å². The SMILES string of the molecule is CCNc1nnc(C(=O)NCc2nn[nH]n2)s1. The van der Waals surface area contributed by atoms with E-state index in [0.29, 0.717) is 16.0 Å². The number of aromatic amines is 1. The smallest absolute Gasteiger partial charge is 0.282 e. The highest BCUT2D eigenvalue weighted by atomic mass is 32.1. The lowest BCUT2D eigenvalue weighted by Crippen LogP contribution is -2.23. The molecule has 0 fully saturated rings. The Morgan fingerprint density at radius 2 is 2.29 bits per heavy atom. The van der Waals surface area contributed by atoms with Gasteiger partial charge in [0.15, 0.2) is 5.82 Å². The van der Waals surface area contributed by atoms with Gasteiger partial charge in [-0.25, -0.2) is 0 Å². The summed E-state index contributed by atoms with van der Waals surface area (Å²) >= 11 is 1.19. The van der Waals surface area contributed by atoms with Gasteiger partial charge in [-0.3, -0.25) is 4.79 Å². The van der Waals surface area contributed by atoms with E-state index in [0.717, 1.165) is 6.54 Å². The number of tetrazole rings is 1. The van der Waals surface area contributed by atoms with Crippen molar-refractivity contribution in [3.8, 4) is 0 Å². The quantitative estimate of drug-likeness (QED) is 0.652. The van der Waals surface area contributed by atoms with Crippen LogP contribution in [0, 0.1) is 0 Å². The standard InChI is InChI=1S/C7H10N8OS/c1-2-8-7-13-12-6(17-7)5(16)9-3-4-10-14-15-11-4/h2-3H2,1H3,(H,8,13)(H,9,16)(H,10,11,14,15). The van der Waals surface area contributed by atoms with Crippen molar-refractivity contribution >= 4 is 22.4 Å². The molecule has 3 N–H and O–H groups in total. The minimum atomic E-state index is -0.309. The number of amides is 1. The van der Waals surface area contributed by atoms with Gasteiger partial charge in [0.05, 0.1) is 6.54 Å². The van der Waals surface area contributed by atoms with Crippen molar-refractivity contribution < 1.29 is 4.79 Å². The third-order valence-electron chi connectivity index (χ3n) is 1.74. The minimum Gasteiger partial charge on any atom is -0.360 e. The summed E-state index contributed by atoms with van der Waals surface area (Å²) in [5.74, 6) is 0.103. The zero-order valence-electron chi connectivity index (χ0n) is 8.97. The van der Waals surface area contributed by atoms with Gasteiger partial charge in [-0.2, -0.15) is 5.21 Å². The number of carbonyl (C=O) groups excluding carboxylic acids is 1. The lowest BCUT2D eigenvalue weighted by molar-refractivity contribution is 0.0949. The van der Waals surface area contributed by atoms with Gasteiger partial charge in [-0.05, 0) is 6.92 Å². The summed E-state index contributed by atoms with van der Waals surface area (Å²) in [7, 11) is 0. The zero-order chi connectivity index (χ0) is 12.1. The molecule has 0 unspecified atom stereocenters. The lowest BCUT2D eigenvalue weighted by Gasteiger charge is -1.96. The van der Waals surface area contributed by atoms with Crippen molar-refractivity contribution in [1.29, 1.82) is 0 Å². The average Bonchev–Trinajstić information content (AvgIpc) is 2.97. The van der Waals surface area contributed by atoms with E-state index in [-0.39, 0.29) is 12.5 Å². The van der Waals surface area contributed by atoms with E-state index >= 15 is 0 Å². The molecule has 0 bridgehead atoms. The molecule has 0 radical (unpaired) electrons. The molecule has 2 heterocycles. The predicted octanol–water partition coefficient (Wildman–Crippen LogP) is -0.587. The first-order valence-corrected chi connectivity index (χ1v) is 5.69. The van der Waals surface area contributed by atoms with Gasteiger partial charge in [-0.1, -0.05) is 16.6 Å². The Morgan fingerprint density at radius 3 is 3.00 bits per heavy atom. The Labute approximate surface area is 100 Å². The molecule has 0 saturated heterocycles. The van der Waals surface area contributed by atoms with Gasteiger partial charge in [0.1, 0.15) is 0 Å². The maximum atomic E-state index is 11.6. The normalized spacial score (nSPS) is 10.2. The van der Waals surface area contributed by atoms with Gasteiger partial charge in [0, 0.05) is 6.54 Å². The van der Waals surface area contributed by atoms with Crippen molar-refractivity contribution in [2.24, 2.45) is 0 Å². The van der Waals surface area contributed by atoms with Crippen LogP contribution in [0.25, 0.3) is 0 Å². The number of hydrogen-bond donors (Lipinski definition) is 3. The van der Waals surface area contributed by atoms with Gasteiger partial charge in [0.25, 0.3) is 5.91 Å². The van der Waals surface area contributed by atoms with Crippen LogP contribution in [0.1, 0.15) is 22.6 Å². The fourth-order valence-electron chi connectivity index (χ4n) is 1.03. The molecule has 2 rings (SSSR count). The molecule has 0 saturated carbocycles. The summed E-state index contributed by atoms with van der Waals surface area (Å²) in [6, 6.07) is 0. The molecule has 90 valence electrons. The number of H-pyrrole nitrogens is 1. The maximum absolute atomic E-state index is 11.6. The third kappa shape index (κ3) is 2.93. The third-order valence-corrected chi connectivity index (χ3v) is 2.62. The van der Waals surface area contributed by atoms with Gasteiger partial charge < -0.3 is 10.6 Å². The lowest BCUT2D eigenvalue weighted by atomic mass is 10.5. The van der Waals surface area contributed by atoms with E-state index in [4.69, 9.17) is 0 Å². The summed E-state index contributed by atoms with van der Waals surface area (Å²) in [6.45, 7) is 2.88. The molecular formula is C7H10N8OS. The number of rotatable bonds is 5. The molecule has 2 aromatic heterocycles. The summed E-state index contributed by atoms with van der Waals surface area (Å²) in [6.07, 6.45) is 0. The predicted molar refractivity (Wildman–Crippen MR) is 59.4 cm³/mol. The fourth-order valence-corrected chi connectivity index (χ4v) is 1.76. The average molecular weight is 254 g/mol. The largest absolute Gasteiger partial charge is 0.360 e. The van der Waals surface area contributed by atoms with Crippen LogP contribution < -0.4 is 10.6 Å². The molecule has 0 spiro atoms. The van der Waals surface area contributed by atoms with Crippen molar-refractivity contribution in [2.45, 2.75) is 13.5 Å². The monoisotopic (exact) mass is 254 g/mol. The molecule has 0 aliphatic carbocycles. The zero-order valence-corrected chi connectivity index (χ0v) is 9.78. The van der Waals surface area contributed by atoms with Crippen LogP contribution in [0.15, 0.2) is 0 Å². The number of anilines is 1. The number of nitrogens with zero attached hydrogens (tertiary/aromatic N) is 5. The Balaban J connectivity index is 1.90. The molecule has 0 aliphatic heterocycles. The van der Waals surface area contributed by atoms with Crippen molar-refractivity contribution in [2.75, 3.05) is 11.9 Å². The number of nitrogens with one attached hydrogen (secondary N) is 3. The summed E-state index contributed by atoms with van der Waals surface area (Å²) in [5.41, 5.74) is 0. The number of hydrogen-bond acceptors (Lipinski definition) is 8. The van der Waals surface area contributed by atoms with Crippen LogP contribution in [-0.2, 0) is 6.54 Å². The first-order valence-electron chi connectivity index (χ1n) is 4.87. The Morgan fingerprint density at radius 1 is 1.41 bits per heavy atom. The van der Waals surface area contributed by atoms with Crippen molar-refractivity contribution in [3.63, 3.8) is 0 Å². The Hall–Kier alpha value is -2.10. The van der Waals surface area contributed by atoms with Gasteiger partial charge >= 0.3 is 0 Å². The van der Waals surface area contributed by atoms with E-state index in [1.807, 2.05) is 6.92 Å². The summed E-state index contributed by atoms with van der Waals surface area (Å²) in [5, 5.41) is 27.2. The van der Waals surface area contributed by atoms with Crippen LogP contribution >= 0.6 is 11.3 Å². The molecule has 0 atom stereocenters. The van der Waals surface area contributed by atoms with Crippen LogP contribution in [0.5, 0.6) is 0 Å². The molecular weight excluding hydrogens is 244 g/mol. The molecule has 0 aliphatic rings. The van der Waals surface area contributed by atoms with Gasteiger partial charge in [0.2, 0.25) is 10.1 Å². The number of aromatic nitrogens is 6. The number of carbonyl (C=O) groups is 1. The topological polar surface area (TPSA) is 121 Å². The highest BCUT2D eigenvalue weighted by Gasteiger charge is 2.12. The molecule has 17 heavy (non-hydrogen) atoms. The first-order chi connectivity index (χ1) is 8.29. The second kappa shape index (κ2) is 5.30. The van der Waals surface area contributed by atoms with Crippen LogP contribution in [-0.4, -0.2) is 43.3 Å². The highest BCUT2D eigenvalue weighted by Crippen LogP contribution is 2.14. The molecule has 10 heteroatoms. The van der Waals surface area contributed by atoms with E-state index < -0.39 is 0 Å². The minimum absolute atomic E-state index is 0.200. The van der Waals surface area contributed by atoms with E-state index in [1.165, 1.54) is 11.3 Å². The van der Waals surface area contributed by atoms with Crippen LogP contribution in [0.3, 0.4) is 0 Å². The van der Waals surface area contributed by atoms with E-state index in [2.05, 4.69) is 41.5 Å².